The van der Waals surface area contributed by atoms with Crippen LogP contribution in [0.25, 0.3) is 0 Å². The van der Waals surface area contributed by atoms with Crippen LogP contribution in [0.1, 0.15) is 24.1 Å². The van der Waals surface area contributed by atoms with Crippen LogP contribution in [0, 0.1) is 0 Å². The summed E-state index contributed by atoms with van der Waals surface area (Å²) in [6.45, 7) is 2.67. The van der Waals surface area contributed by atoms with Crippen LogP contribution in [-0.2, 0) is 6.54 Å². The average molecular weight is 256 g/mol. The van der Waals surface area contributed by atoms with E-state index in [2.05, 4.69) is 17.0 Å². The number of anilines is 1. The fourth-order valence-corrected chi connectivity index (χ4v) is 2.10. The molecule has 3 nitrogen and oxygen atoms in total. The number of aromatic hydroxyl groups is 1. The Hall–Kier alpha value is -2.00. The molecule has 3 heteroatoms. The van der Waals surface area contributed by atoms with Crippen LogP contribution in [0.4, 0.5) is 5.69 Å². The fourth-order valence-electron chi connectivity index (χ4n) is 2.10. The zero-order chi connectivity index (χ0) is 13.8. The van der Waals surface area contributed by atoms with Crippen LogP contribution < -0.4 is 10.6 Å². The van der Waals surface area contributed by atoms with Crippen LogP contribution in [0.3, 0.4) is 0 Å². The number of rotatable bonds is 4. The van der Waals surface area contributed by atoms with Gasteiger partial charge in [0, 0.05) is 37.0 Å². The van der Waals surface area contributed by atoms with Crippen molar-refractivity contribution in [3.63, 3.8) is 0 Å². The molecule has 0 radical (unpaired) electrons. The first kappa shape index (κ1) is 13.4. The van der Waals surface area contributed by atoms with Crippen molar-refractivity contribution in [3.05, 3.63) is 59.7 Å². The smallest absolute Gasteiger partial charge is 0.122 e. The predicted molar refractivity (Wildman–Crippen MR) is 79.3 cm³/mol. The molecule has 0 amide bonds. The van der Waals surface area contributed by atoms with Crippen molar-refractivity contribution in [2.75, 3.05) is 11.9 Å². The topological polar surface area (TPSA) is 49.5 Å². The molecule has 3 N–H and O–H groups in total. The third-order valence-corrected chi connectivity index (χ3v) is 3.21. The van der Waals surface area contributed by atoms with Gasteiger partial charge in [-0.3, -0.25) is 0 Å². The van der Waals surface area contributed by atoms with E-state index in [4.69, 9.17) is 5.73 Å². The minimum absolute atomic E-state index is 0.159. The Kier molecular flexibility index (Phi) is 4.07. The molecular formula is C16H20N2O. The van der Waals surface area contributed by atoms with Gasteiger partial charge in [0.15, 0.2) is 0 Å². The summed E-state index contributed by atoms with van der Waals surface area (Å²) >= 11 is 0. The summed E-state index contributed by atoms with van der Waals surface area (Å²) < 4.78 is 0. The minimum Gasteiger partial charge on any atom is -0.508 e. The second kappa shape index (κ2) is 5.76. The molecule has 19 heavy (non-hydrogen) atoms. The summed E-state index contributed by atoms with van der Waals surface area (Å²) in [5.41, 5.74) is 8.78. The first-order valence-electron chi connectivity index (χ1n) is 6.41. The molecule has 0 saturated carbocycles. The average Bonchev–Trinajstić information content (AvgIpc) is 2.39. The zero-order valence-electron chi connectivity index (χ0n) is 11.4. The molecule has 0 aliphatic rings. The number of benzene rings is 2. The third kappa shape index (κ3) is 3.26. The van der Waals surface area contributed by atoms with E-state index < -0.39 is 0 Å². The number of phenols is 1. The first-order valence-corrected chi connectivity index (χ1v) is 6.41. The lowest BCUT2D eigenvalue weighted by molar-refractivity contribution is 0.464. The van der Waals surface area contributed by atoms with E-state index in [1.165, 1.54) is 5.56 Å². The molecule has 100 valence electrons. The predicted octanol–water partition coefficient (Wildman–Crippen LogP) is 3.05. The van der Waals surface area contributed by atoms with E-state index in [0.717, 1.165) is 17.8 Å². The van der Waals surface area contributed by atoms with Crippen LogP contribution >= 0.6 is 0 Å². The van der Waals surface area contributed by atoms with Gasteiger partial charge in [0.2, 0.25) is 0 Å². The molecule has 0 spiro atoms. The summed E-state index contributed by atoms with van der Waals surface area (Å²) in [6, 6.07) is 15.7. The monoisotopic (exact) mass is 256 g/mol. The van der Waals surface area contributed by atoms with Gasteiger partial charge < -0.3 is 15.7 Å². The van der Waals surface area contributed by atoms with Crippen molar-refractivity contribution >= 4 is 5.69 Å². The Morgan fingerprint density at radius 1 is 1.16 bits per heavy atom. The quantitative estimate of drug-likeness (QED) is 0.884. The number of hydrogen-bond donors (Lipinski definition) is 2. The molecule has 0 aliphatic carbocycles. The summed E-state index contributed by atoms with van der Waals surface area (Å²) in [6.07, 6.45) is 0. The van der Waals surface area contributed by atoms with E-state index in [9.17, 15) is 5.11 Å². The zero-order valence-corrected chi connectivity index (χ0v) is 11.4. The molecular weight excluding hydrogens is 236 g/mol. The van der Waals surface area contributed by atoms with Gasteiger partial charge >= 0.3 is 0 Å². The Morgan fingerprint density at radius 2 is 1.84 bits per heavy atom. The molecule has 0 heterocycles. The SMILES string of the molecule is CC(N)c1ccc(N(C)Cc2ccccc2)cc1O. The number of phenolic OH excluding ortho intramolecular Hbond substituents is 1. The molecule has 0 fully saturated rings. The number of hydrogen-bond acceptors (Lipinski definition) is 3. The van der Waals surface area contributed by atoms with Gasteiger partial charge in [-0.25, -0.2) is 0 Å². The molecule has 1 atom stereocenters. The van der Waals surface area contributed by atoms with E-state index in [1.807, 2.05) is 44.3 Å². The van der Waals surface area contributed by atoms with Gasteiger partial charge in [-0.1, -0.05) is 36.4 Å². The third-order valence-electron chi connectivity index (χ3n) is 3.21. The van der Waals surface area contributed by atoms with Crippen molar-refractivity contribution in [3.8, 4) is 5.75 Å². The summed E-state index contributed by atoms with van der Waals surface area (Å²) in [4.78, 5) is 2.10. The van der Waals surface area contributed by atoms with Crippen molar-refractivity contribution < 1.29 is 5.11 Å². The Bertz CT molecular complexity index is 538. The van der Waals surface area contributed by atoms with Crippen molar-refractivity contribution in [1.29, 1.82) is 0 Å². The molecule has 0 saturated heterocycles. The highest BCUT2D eigenvalue weighted by Gasteiger charge is 2.09. The first-order chi connectivity index (χ1) is 9.08. The maximum atomic E-state index is 9.97. The van der Waals surface area contributed by atoms with Gasteiger partial charge in [-0.05, 0) is 18.6 Å². The maximum absolute atomic E-state index is 9.97. The summed E-state index contributed by atoms with van der Waals surface area (Å²) in [5, 5.41) is 9.97. The van der Waals surface area contributed by atoms with Crippen LogP contribution in [0.5, 0.6) is 5.75 Å². The lowest BCUT2D eigenvalue weighted by atomic mass is 10.1. The largest absolute Gasteiger partial charge is 0.508 e. The second-order valence-corrected chi connectivity index (χ2v) is 4.87. The van der Waals surface area contributed by atoms with Crippen molar-refractivity contribution in [2.24, 2.45) is 5.73 Å². The van der Waals surface area contributed by atoms with Gasteiger partial charge in [-0.15, -0.1) is 0 Å². The molecule has 2 rings (SSSR count). The lowest BCUT2D eigenvalue weighted by Crippen LogP contribution is -2.16. The highest BCUT2D eigenvalue weighted by atomic mass is 16.3. The minimum atomic E-state index is -0.159. The molecule has 0 aromatic heterocycles. The van der Waals surface area contributed by atoms with Crippen molar-refractivity contribution in [2.45, 2.75) is 19.5 Å². The summed E-state index contributed by atoms with van der Waals surface area (Å²) in [5.74, 6) is 0.257. The van der Waals surface area contributed by atoms with Crippen LogP contribution in [0.15, 0.2) is 48.5 Å². The van der Waals surface area contributed by atoms with E-state index in [1.54, 1.807) is 6.07 Å². The molecule has 2 aromatic carbocycles. The van der Waals surface area contributed by atoms with Crippen LogP contribution in [-0.4, -0.2) is 12.2 Å². The molecule has 0 bridgehead atoms. The van der Waals surface area contributed by atoms with Crippen molar-refractivity contribution in [1.82, 2.24) is 0 Å². The fraction of sp³-hybridized carbons (Fsp3) is 0.250. The van der Waals surface area contributed by atoms with Gasteiger partial charge in [0.05, 0.1) is 0 Å². The van der Waals surface area contributed by atoms with E-state index in [-0.39, 0.29) is 11.8 Å². The highest BCUT2D eigenvalue weighted by molar-refractivity contribution is 5.53. The normalized spacial score (nSPS) is 12.2. The van der Waals surface area contributed by atoms with Gasteiger partial charge in [-0.2, -0.15) is 0 Å². The van der Waals surface area contributed by atoms with Gasteiger partial charge in [0.1, 0.15) is 5.75 Å². The maximum Gasteiger partial charge on any atom is 0.122 e. The molecule has 0 aliphatic heterocycles. The Morgan fingerprint density at radius 3 is 2.42 bits per heavy atom. The summed E-state index contributed by atoms with van der Waals surface area (Å²) in [7, 11) is 2.01. The van der Waals surface area contributed by atoms with Crippen LogP contribution in [0.2, 0.25) is 0 Å². The number of nitrogens with zero attached hydrogens (tertiary/aromatic N) is 1. The molecule has 2 aromatic rings. The lowest BCUT2D eigenvalue weighted by Gasteiger charge is -2.21. The standard InChI is InChI=1S/C16H20N2O/c1-12(17)15-9-8-14(10-16(15)19)18(2)11-13-6-4-3-5-7-13/h3-10,12,19H,11,17H2,1-2H3. The van der Waals surface area contributed by atoms with E-state index >= 15 is 0 Å². The Balaban J connectivity index is 2.16. The van der Waals surface area contributed by atoms with Gasteiger partial charge in [0.25, 0.3) is 0 Å². The second-order valence-electron chi connectivity index (χ2n) is 4.87. The Labute approximate surface area is 114 Å². The highest BCUT2D eigenvalue weighted by Crippen LogP contribution is 2.28. The van der Waals surface area contributed by atoms with E-state index in [0.29, 0.717) is 0 Å². The molecule has 1 unspecified atom stereocenters. The number of nitrogens with two attached hydrogens (primary N) is 1.